The van der Waals surface area contributed by atoms with E-state index in [0.717, 1.165) is 32.9 Å². The molecule has 0 unspecified atom stereocenters. The van der Waals surface area contributed by atoms with Gasteiger partial charge in [-0.05, 0) is 53.3 Å². The predicted octanol–water partition coefficient (Wildman–Crippen LogP) is 7.53. The van der Waals surface area contributed by atoms with Gasteiger partial charge in [0.2, 0.25) is 0 Å². The average Bonchev–Trinajstić information content (AvgIpc) is 3.23. The molecular weight excluding hydrogens is 430 g/mol. The van der Waals surface area contributed by atoms with Crippen LogP contribution in [0.4, 0.5) is 0 Å². The first-order valence-corrected chi connectivity index (χ1v) is 11.9. The fourth-order valence-electron chi connectivity index (χ4n) is 5.26. The second kappa shape index (κ2) is 8.17. The molecule has 0 fully saturated rings. The maximum atomic E-state index is 14.2. The smallest absolute Gasteiger partial charge is 0.265 e. The first-order chi connectivity index (χ1) is 17.1. The molecule has 0 aliphatic carbocycles. The van der Waals surface area contributed by atoms with Crippen LogP contribution in [-0.2, 0) is 0 Å². The average molecular weight is 456 g/mol. The molecule has 170 valence electrons. The van der Waals surface area contributed by atoms with E-state index < -0.39 is 0 Å². The van der Waals surface area contributed by atoms with Crippen LogP contribution in [0.3, 0.4) is 0 Å². The summed E-state index contributed by atoms with van der Waals surface area (Å²) >= 11 is 0. The number of benzene rings is 4. The van der Waals surface area contributed by atoms with Crippen LogP contribution in [0.1, 0.15) is 41.3 Å². The maximum absolute atomic E-state index is 14.2. The van der Waals surface area contributed by atoms with Gasteiger partial charge in [-0.15, -0.1) is 0 Å². The van der Waals surface area contributed by atoms with E-state index in [-0.39, 0.29) is 5.91 Å². The molecule has 4 heteroatoms. The van der Waals surface area contributed by atoms with Gasteiger partial charge in [0.1, 0.15) is 5.52 Å². The van der Waals surface area contributed by atoms with Crippen molar-refractivity contribution in [2.24, 2.45) is 0 Å². The summed E-state index contributed by atoms with van der Waals surface area (Å²) in [4.78, 5) is 23.1. The standard InChI is InChI=1S/C31H25N3O/c1-19(2)21-9-4-5-10-23(21)22-15-16-25-24-11-6-7-14-28(24)34(30(25)20(22)3)31(35)26-12-8-13-27-29(26)33-18-17-32-27/h4-19H,1-3H3. The molecule has 0 aliphatic rings. The molecule has 0 bridgehead atoms. The van der Waals surface area contributed by atoms with Crippen molar-refractivity contribution in [2.75, 3.05) is 0 Å². The molecule has 35 heavy (non-hydrogen) atoms. The molecule has 2 heterocycles. The van der Waals surface area contributed by atoms with Gasteiger partial charge in [-0.3, -0.25) is 19.3 Å². The quantitative estimate of drug-likeness (QED) is 0.277. The van der Waals surface area contributed by atoms with Gasteiger partial charge in [0.25, 0.3) is 5.91 Å². The highest BCUT2D eigenvalue weighted by Gasteiger charge is 2.23. The Morgan fingerprint density at radius 2 is 1.54 bits per heavy atom. The second-order valence-corrected chi connectivity index (χ2v) is 9.26. The molecule has 6 aromatic rings. The lowest BCUT2D eigenvalue weighted by atomic mass is 9.89. The Morgan fingerprint density at radius 3 is 2.40 bits per heavy atom. The minimum absolute atomic E-state index is 0.0975. The summed E-state index contributed by atoms with van der Waals surface area (Å²) in [5.41, 5.74) is 8.45. The van der Waals surface area contributed by atoms with Crippen molar-refractivity contribution in [3.8, 4) is 11.1 Å². The molecule has 0 radical (unpaired) electrons. The molecule has 0 aliphatic heterocycles. The number of aromatic nitrogens is 3. The zero-order valence-corrected chi connectivity index (χ0v) is 20.0. The summed E-state index contributed by atoms with van der Waals surface area (Å²) in [6.45, 7) is 6.56. The minimum atomic E-state index is -0.0975. The van der Waals surface area contributed by atoms with Gasteiger partial charge in [-0.2, -0.15) is 0 Å². The van der Waals surface area contributed by atoms with Crippen LogP contribution < -0.4 is 0 Å². The van der Waals surface area contributed by atoms with Crippen LogP contribution in [0.25, 0.3) is 44.0 Å². The molecule has 0 saturated carbocycles. The van der Waals surface area contributed by atoms with Crippen molar-refractivity contribution in [1.29, 1.82) is 0 Å². The van der Waals surface area contributed by atoms with Crippen molar-refractivity contribution in [2.45, 2.75) is 26.7 Å². The van der Waals surface area contributed by atoms with E-state index in [2.05, 4.69) is 73.2 Å². The number of hydrogen-bond donors (Lipinski definition) is 0. The lowest BCUT2D eigenvalue weighted by molar-refractivity contribution is 0.0971. The monoisotopic (exact) mass is 455 g/mol. The molecule has 6 rings (SSSR count). The number of fused-ring (bicyclic) bond motifs is 4. The molecule has 0 N–H and O–H groups in total. The topological polar surface area (TPSA) is 47.8 Å². The molecule has 0 spiro atoms. The van der Waals surface area contributed by atoms with Gasteiger partial charge in [-0.1, -0.05) is 74.5 Å². The van der Waals surface area contributed by atoms with Gasteiger partial charge in [-0.25, -0.2) is 0 Å². The van der Waals surface area contributed by atoms with Gasteiger partial charge in [0.15, 0.2) is 0 Å². The summed E-state index contributed by atoms with van der Waals surface area (Å²) in [5.74, 6) is 0.294. The Labute approximate surface area is 203 Å². The van der Waals surface area contributed by atoms with Gasteiger partial charge in [0.05, 0.1) is 22.1 Å². The summed E-state index contributed by atoms with van der Waals surface area (Å²) in [6, 6.07) is 26.6. The van der Waals surface area contributed by atoms with Gasteiger partial charge >= 0.3 is 0 Å². The summed E-state index contributed by atoms with van der Waals surface area (Å²) in [5, 5.41) is 2.14. The van der Waals surface area contributed by atoms with Gasteiger partial charge < -0.3 is 0 Å². The zero-order chi connectivity index (χ0) is 24.1. The Morgan fingerprint density at radius 1 is 0.771 bits per heavy atom. The van der Waals surface area contributed by atoms with Crippen molar-refractivity contribution in [3.63, 3.8) is 0 Å². The Hall–Kier alpha value is -4.31. The number of carbonyl (C=O) groups excluding carboxylic acids is 1. The molecule has 0 atom stereocenters. The largest absolute Gasteiger partial charge is 0.275 e. The van der Waals surface area contributed by atoms with E-state index in [1.54, 1.807) is 12.4 Å². The van der Waals surface area contributed by atoms with Crippen LogP contribution in [-0.4, -0.2) is 20.4 Å². The van der Waals surface area contributed by atoms with Crippen LogP contribution in [0, 0.1) is 6.92 Å². The van der Waals surface area contributed by atoms with Crippen LogP contribution >= 0.6 is 0 Å². The molecule has 0 amide bonds. The summed E-state index contributed by atoms with van der Waals surface area (Å²) in [7, 11) is 0. The number of rotatable bonds is 3. The molecule has 0 saturated heterocycles. The van der Waals surface area contributed by atoms with E-state index in [1.807, 2.05) is 41.0 Å². The van der Waals surface area contributed by atoms with E-state index in [0.29, 0.717) is 22.5 Å². The van der Waals surface area contributed by atoms with E-state index in [4.69, 9.17) is 0 Å². The fourth-order valence-corrected chi connectivity index (χ4v) is 5.26. The lowest BCUT2D eigenvalue weighted by Gasteiger charge is -2.16. The van der Waals surface area contributed by atoms with Crippen molar-refractivity contribution in [3.05, 3.63) is 108 Å². The zero-order valence-electron chi connectivity index (χ0n) is 20.0. The van der Waals surface area contributed by atoms with Crippen LogP contribution in [0.5, 0.6) is 0 Å². The number of hydrogen-bond acceptors (Lipinski definition) is 3. The fraction of sp³-hybridized carbons (Fsp3) is 0.129. The van der Waals surface area contributed by atoms with E-state index in [9.17, 15) is 4.79 Å². The molecule has 4 nitrogen and oxygen atoms in total. The first kappa shape index (κ1) is 21.2. The normalized spacial score (nSPS) is 11.7. The summed E-state index contributed by atoms with van der Waals surface area (Å²) < 4.78 is 1.87. The van der Waals surface area contributed by atoms with E-state index in [1.165, 1.54) is 11.1 Å². The number of carbonyl (C=O) groups is 1. The lowest BCUT2D eigenvalue weighted by Crippen LogP contribution is -2.13. The van der Waals surface area contributed by atoms with Crippen LogP contribution in [0.15, 0.2) is 91.3 Å². The minimum Gasteiger partial charge on any atom is -0.275 e. The summed E-state index contributed by atoms with van der Waals surface area (Å²) in [6.07, 6.45) is 3.29. The number of nitrogens with zero attached hydrogens (tertiary/aromatic N) is 3. The highest BCUT2D eigenvalue weighted by molar-refractivity contribution is 6.19. The molecule has 2 aromatic heterocycles. The Kier molecular flexibility index (Phi) is 4.96. The predicted molar refractivity (Wildman–Crippen MR) is 143 cm³/mol. The van der Waals surface area contributed by atoms with Gasteiger partial charge in [0, 0.05) is 23.2 Å². The third kappa shape index (κ3) is 3.25. The third-order valence-electron chi connectivity index (χ3n) is 6.89. The molecule has 4 aromatic carbocycles. The maximum Gasteiger partial charge on any atom is 0.265 e. The van der Waals surface area contributed by atoms with Crippen molar-refractivity contribution < 1.29 is 4.79 Å². The molecular formula is C31H25N3O. The van der Waals surface area contributed by atoms with Crippen molar-refractivity contribution >= 4 is 38.7 Å². The number of para-hydroxylation sites is 2. The first-order valence-electron chi connectivity index (χ1n) is 11.9. The van der Waals surface area contributed by atoms with E-state index >= 15 is 0 Å². The number of aryl methyl sites for hydroxylation is 1. The second-order valence-electron chi connectivity index (χ2n) is 9.26. The third-order valence-corrected chi connectivity index (χ3v) is 6.89. The van der Waals surface area contributed by atoms with Crippen LogP contribution in [0.2, 0.25) is 0 Å². The highest BCUT2D eigenvalue weighted by atomic mass is 16.2. The van der Waals surface area contributed by atoms with Crippen molar-refractivity contribution in [1.82, 2.24) is 14.5 Å². The Bertz CT molecular complexity index is 1760. The Balaban J connectivity index is 1.69. The highest BCUT2D eigenvalue weighted by Crippen LogP contribution is 2.39. The SMILES string of the molecule is Cc1c(-c2ccccc2C(C)C)ccc2c3ccccc3n(C(=O)c3cccc4nccnc34)c12.